The molecule has 10 aromatic rings. The van der Waals surface area contributed by atoms with Crippen LogP contribution in [0.1, 0.15) is 0 Å². The van der Waals surface area contributed by atoms with Gasteiger partial charge < -0.3 is 4.90 Å². The Hall–Kier alpha value is -7.74. The lowest BCUT2D eigenvalue weighted by Crippen LogP contribution is -2.09. The third-order valence-corrected chi connectivity index (χ3v) is 11.3. The van der Waals surface area contributed by atoms with Gasteiger partial charge in [0.1, 0.15) is 0 Å². The van der Waals surface area contributed by atoms with Crippen molar-refractivity contribution in [1.82, 2.24) is 0 Å². The van der Waals surface area contributed by atoms with Crippen molar-refractivity contribution in [2.75, 3.05) is 4.90 Å². The average molecular weight is 752 g/mol. The second kappa shape index (κ2) is 16.0. The summed E-state index contributed by atoms with van der Waals surface area (Å²) in [5.41, 5.74) is 17.8. The van der Waals surface area contributed by atoms with E-state index >= 15 is 0 Å². The van der Waals surface area contributed by atoms with Crippen LogP contribution in [-0.4, -0.2) is 0 Å². The molecule has 1 heteroatoms. The zero-order valence-corrected chi connectivity index (χ0v) is 32.6. The van der Waals surface area contributed by atoms with Crippen LogP contribution in [0.4, 0.5) is 17.1 Å². The second-order valence-electron chi connectivity index (χ2n) is 15.0. The van der Waals surface area contributed by atoms with Crippen molar-refractivity contribution in [3.8, 4) is 66.8 Å². The molecule has 0 heterocycles. The van der Waals surface area contributed by atoms with Crippen molar-refractivity contribution >= 4 is 27.8 Å². The SMILES string of the molecule is c1ccc(-c2ccc(-c3ccc(-c4ccc(N(c5ccccc5)c5ccc(-c6ccc(-c7ccc8ccccc8c7)cc6)cc5)cc4)cc3-c3ccccc3)cc2)cc1. The monoisotopic (exact) mass is 751 g/mol. The van der Waals surface area contributed by atoms with Gasteiger partial charge in [-0.25, -0.2) is 0 Å². The van der Waals surface area contributed by atoms with Gasteiger partial charge in [-0.15, -0.1) is 0 Å². The van der Waals surface area contributed by atoms with E-state index in [0.29, 0.717) is 0 Å². The lowest BCUT2D eigenvalue weighted by molar-refractivity contribution is 1.28. The van der Waals surface area contributed by atoms with E-state index in [1.807, 2.05) is 0 Å². The predicted molar refractivity (Wildman–Crippen MR) is 251 cm³/mol. The van der Waals surface area contributed by atoms with E-state index in [1.54, 1.807) is 0 Å². The lowest BCUT2D eigenvalue weighted by Gasteiger charge is -2.26. The molecule has 278 valence electrons. The largest absolute Gasteiger partial charge is 0.311 e. The molecule has 0 radical (unpaired) electrons. The molecular formula is C58H41N. The molecule has 0 fully saturated rings. The number of benzene rings is 10. The number of anilines is 3. The van der Waals surface area contributed by atoms with E-state index in [0.717, 1.165) is 17.1 Å². The molecule has 0 aliphatic carbocycles. The Bertz CT molecular complexity index is 2970. The molecule has 0 aliphatic rings. The minimum Gasteiger partial charge on any atom is -0.311 e. The summed E-state index contributed by atoms with van der Waals surface area (Å²) in [5.74, 6) is 0. The first-order chi connectivity index (χ1) is 29.2. The van der Waals surface area contributed by atoms with Crippen molar-refractivity contribution in [3.05, 3.63) is 249 Å². The van der Waals surface area contributed by atoms with E-state index in [9.17, 15) is 0 Å². The van der Waals surface area contributed by atoms with E-state index in [1.165, 1.54) is 77.5 Å². The van der Waals surface area contributed by atoms with Crippen LogP contribution >= 0.6 is 0 Å². The van der Waals surface area contributed by atoms with Crippen LogP contribution < -0.4 is 4.90 Å². The maximum Gasteiger partial charge on any atom is 0.0462 e. The van der Waals surface area contributed by atoms with Gasteiger partial charge in [0, 0.05) is 17.1 Å². The predicted octanol–water partition coefficient (Wildman–Crippen LogP) is 16.3. The number of nitrogens with zero attached hydrogens (tertiary/aromatic N) is 1. The Morgan fingerprint density at radius 3 is 1.08 bits per heavy atom. The van der Waals surface area contributed by atoms with E-state index in [2.05, 4.69) is 254 Å². The van der Waals surface area contributed by atoms with Crippen molar-refractivity contribution < 1.29 is 0 Å². The highest BCUT2D eigenvalue weighted by atomic mass is 15.1. The topological polar surface area (TPSA) is 3.24 Å². The molecule has 0 aromatic heterocycles. The molecule has 1 nitrogen and oxygen atoms in total. The zero-order valence-electron chi connectivity index (χ0n) is 32.6. The van der Waals surface area contributed by atoms with Gasteiger partial charge in [-0.3, -0.25) is 0 Å². The van der Waals surface area contributed by atoms with Crippen molar-refractivity contribution in [2.24, 2.45) is 0 Å². The normalized spacial score (nSPS) is 11.1. The fourth-order valence-electron chi connectivity index (χ4n) is 8.16. The molecule has 0 saturated heterocycles. The Morgan fingerprint density at radius 1 is 0.186 bits per heavy atom. The summed E-state index contributed by atoms with van der Waals surface area (Å²) in [5, 5.41) is 2.52. The third-order valence-electron chi connectivity index (χ3n) is 11.3. The molecule has 0 aliphatic heterocycles. The van der Waals surface area contributed by atoms with Gasteiger partial charge in [0.2, 0.25) is 0 Å². The Morgan fingerprint density at radius 2 is 0.525 bits per heavy atom. The van der Waals surface area contributed by atoms with Gasteiger partial charge in [0.15, 0.2) is 0 Å². The Labute approximate surface area is 346 Å². The molecule has 0 atom stereocenters. The van der Waals surface area contributed by atoms with Crippen LogP contribution in [0.15, 0.2) is 249 Å². The molecule has 10 aromatic carbocycles. The van der Waals surface area contributed by atoms with Crippen LogP contribution in [0.25, 0.3) is 77.5 Å². The molecule has 0 amide bonds. The number of fused-ring (bicyclic) bond motifs is 1. The maximum absolute atomic E-state index is 2.34. The molecule has 0 saturated carbocycles. The Kier molecular flexibility index (Phi) is 9.68. The summed E-state index contributed by atoms with van der Waals surface area (Å²) in [7, 11) is 0. The van der Waals surface area contributed by atoms with Gasteiger partial charge in [-0.2, -0.15) is 0 Å². The van der Waals surface area contributed by atoms with Gasteiger partial charge in [0.05, 0.1) is 0 Å². The lowest BCUT2D eigenvalue weighted by atomic mass is 9.90. The van der Waals surface area contributed by atoms with Gasteiger partial charge in [-0.05, 0) is 126 Å². The van der Waals surface area contributed by atoms with Gasteiger partial charge >= 0.3 is 0 Å². The molecule has 10 rings (SSSR count). The van der Waals surface area contributed by atoms with E-state index in [-0.39, 0.29) is 0 Å². The number of hydrogen-bond acceptors (Lipinski definition) is 1. The highest BCUT2D eigenvalue weighted by molar-refractivity contribution is 5.89. The summed E-state index contributed by atoms with van der Waals surface area (Å²) in [4.78, 5) is 2.33. The van der Waals surface area contributed by atoms with Crippen LogP contribution in [0.3, 0.4) is 0 Å². The van der Waals surface area contributed by atoms with Crippen molar-refractivity contribution in [1.29, 1.82) is 0 Å². The van der Waals surface area contributed by atoms with Crippen LogP contribution in [0.2, 0.25) is 0 Å². The standard InChI is InChI=1S/C58H41N/c1-4-12-42(13-5-1)44-24-27-50(28-25-44)57-39-34-53(41-58(57)49-15-6-2-7-16-49)48-32-37-56(38-33-48)59(54-18-8-3-9-19-54)55-35-30-46(31-36-55)45-20-22-47(23-21-45)52-29-26-43-14-10-11-17-51(43)40-52/h1-41H. The molecule has 0 spiro atoms. The minimum absolute atomic E-state index is 1.10. The van der Waals surface area contributed by atoms with E-state index in [4.69, 9.17) is 0 Å². The molecule has 0 bridgehead atoms. The molecular weight excluding hydrogens is 711 g/mol. The van der Waals surface area contributed by atoms with Crippen molar-refractivity contribution in [2.45, 2.75) is 0 Å². The summed E-state index contributed by atoms with van der Waals surface area (Å²) in [6, 6.07) is 89.7. The summed E-state index contributed by atoms with van der Waals surface area (Å²) < 4.78 is 0. The smallest absolute Gasteiger partial charge is 0.0462 e. The summed E-state index contributed by atoms with van der Waals surface area (Å²) in [6.07, 6.45) is 0. The first-order valence-corrected chi connectivity index (χ1v) is 20.2. The van der Waals surface area contributed by atoms with Gasteiger partial charge in [-0.1, -0.05) is 200 Å². The molecule has 0 unspecified atom stereocenters. The second-order valence-corrected chi connectivity index (χ2v) is 15.0. The third kappa shape index (κ3) is 7.46. The summed E-state index contributed by atoms with van der Waals surface area (Å²) in [6.45, 7) is 0. The van der Waals surface area contributed by atoms with Gasteiger partial charge in [0.25, 0.3) is 0 Å². The van der Waals surface area contributed by atoms with Crippen LogP contribution in [0.5, 0.6) is 0 Å². The fourth-order valence-corrected chi connectivity index (χ4v) is 8.16. The van der Waals surface area contributed by atoms with Crippen LogP contribution in [-0.2, 0) is 0 Å². The average Bonchev–Trinajstić information content (AvgIpc) is 3.33. The highest BCUT2D eigenvalue weighted by Gasteiger charge is 2.15. The summed E-state index contributed by atoms with van der Waals surface area (Å²) >= 11 is 0. The van der Waals surface area contributed by atoms with E-state index < -0.39 is 0 Å². The Balaban J connectivity index is 0.935. The number of para-hydroxylation sites is 1. The first-order valence-electron chi connectivity index (χ1n) is 20.2. The quantitative estimate of drug-likeness (QED) is 0.142. The minimum atomic E-state index is 1.10. The number of rotatable bonds is 9. The number of hydrogen-bond donors (Lipinski definition) is 0. The maximum atomic E-state index is 2.34. The highest BCUT2D eigenvalue weighted by Crippen LogP contribution is 2.40. The van der Waals surface area contributed by atoms with Crippen LogP contribution in [0, 0.1) is 0 Å². The van der Waals surface area contributed by atoms with Crippen molar-refractivity contribution in [3.63, 3.8) is 0 Å². The molecule has 0 N–H and O–H groups in total. The fraction of sp³-hybridized carbons (Fsp3) is 0. The zero-order chi connectivity index (χ0) is 39.4. The first kappa shape index (κ1) is 35.7. The molecule has 59 heavy (non-hydrogen) atoms.